The summed E-state index contributed by atoms with van der Waals surface area (Å²) in [7, 11) is 0. The third-order valence-corrected chi connectivity index (χ3v) is 6.21. The van der Waals surface area contributed by atoms with Gasteiger partial charge in [0.15, 0.2) is 0 Å². The second-order valence-corrected chi connectivity index (χ2v) is 10.2. The molecule has 0 unspecified atom stereocenters. The van der Waals surface area contributed by atoms with E-state index in [0.717, 1.165) is 46.6 Å². The fourth-order valence-electron chi connectivity index (χ4n) is 5.12. The first kappa shape index (κ1) is 25.2. The number of nitrogens with one attached hydrogen (secondary N) is 1. The molecule has 1 aliphatic heterocycles. The van der Waals surface area contributed by atoms with E-state index in [9.17, 15) is 5.11 Å². The molecule has 0 radical (unpaired) electrons. The first-order chi connectivity index (χ1) is 16.0. The number of aromatic nitrogens is 4. The zero-order valence-electron chi connectivity index (χ0n) is 21.0. The minimum absolute atomic E-state index is 0.0396. The summed E-state index contributed by atoms with van der Waals surface area (Å²) in [6.45, 7) is 13.0. The van der Waals surface area contributed by atoms with E-state index in [0.29, 0.717) is 6.04 Å². The van der Waals surface area contributed by atoms with E-state index in [4.69, 9.17) is 0 Å². The van der Waals surface area contributed by atoms with Crippen molar-refractivity contribution >= 4 is 11.6 Å². The van der Waals surface area contributed by atoms with Crippen molar-refractivity contribution in [2.75, 3.05) is 0 Å². The van der Waals surface area contributed by atoms with Crippen LogP contribution in [-0.2, 0) is 0 Å². The summed E-state index contributed by atoms with van der Waals surface area (Å²) in [4.78, 5) is 4.36. The highest BCUT2D eigenvalue weighted by Gasteiger charge is 2.39. The van der Waals surface area contributed by atoms with Gasteiger partial charge in [0.25, 0.3) is 0 Å². The third-order valence-electron chi connectivity index (χ3n) is 6.21. The van der Waals surface area contributed by atoms with E-state index < -0.39 is 0 Å². The van der Waals surface area contributed by atoms with E-state index in [1.165, 1.54) is 0 Å². The fraction of sp³-hybridized carbons (Fsp3) is 0.393. The van der Waals surface area contributed by atoms with E-state index in [1.54, 1.807) is 12.3 Å². The lowest BCUT2D eigenvalue weighted by Gasteiger charge is -2.46. The van der Waals surface area contributed by atoms with Crippen LogP contribution in [0.1, 0.15) is 70.5 Å². The molecular formula is C28H35N5O. The van der Waals surface area contributed by atoms with Crippen LogP contribution >= 0.6 is 0 Å². The molecular weight excluding hydrogens is 422 g/mol. The van der Waals surface area contributed by atoms with E-state index in [1.807, 2.05) is 43.3 Å². The summed E-state index contributed by atoms with van der Waals surface area (Å²) in [6.07, 6.45) is 13.8. The second-order valence-electron chi connectivity index (χ2n) is 10.2. The van der Waals surface area contributed by atoms with Crippen molar-refractivity contribution in [3.8, 4) is 29.9 Å². The molecule has 2 N–H and O–H groups in total. The Morgan fingerprint density at radius 2 is 1.79 bits per heavy atom. The van der Waals surface area contributed by atoms with Gasteiger partial charge >= 0.3 is 0 Å². The van der Waals surface area contributed by atoms with Gasteiger partial charge in [0.1, 0.15) is 11.4 Å². The Bertz CT molecular complexity index is 1170. The topological polar surface area (TPSA) is 75.9 Å². The van der Waals surface area contributed by atoms with Gasteiger partial charge in [-0.2, -0.15) is 0 Å². The van der Waals surface area contributed by atoms with E-state index >= 15 is 0 Å². The number of phenolic OH excluding ortho intramolecular Hbond substituents is 1. The highest BCUT2D eigenvalue weighted by Crippen LogP contribution is 2.37. The lowest BCUT2D eigenvalue weighted by Crippen LogP contribution is -2.58. The molecule has 3 aromatic rings. The summed E-state index contributed by atoms with van der Waals surface area (Å²) < 4.78 is 2.08. The minimum atomic E-state index is 0.0396. The Morgan fingerprint density at radius 1 is 1.12 bits per heavy atom. The van der Waals surface area contributed by atoms with Crippen molar-refractivity contribution in [3.05, 3.63) is 59.5 Å². The molecule has 1 fully saturated rings. The van der Waals surface area contributed by atoms with Crippen molar-refractivity contribution in [1.29, 1.82) is 0 Å². The largest absolute Gasteiger partial charge is 0.507 e. The van der Waals surface area contributed by atoms with Gasteiger partial charge in [-0.3, -0.25) is 4.98 Å². The summed E-state index contributed by atoms with van der Waals surface area (Å²) in [5, 5.41) is 23.4. The zero-order chi connectivity index (χ0) is 25.1. The Labute approximate surface area is 203 Å². The Morgan fingerprint density at radius 3 is 2.38 bits per heavy atom. The number of piperidine rings is 1. The van der Waals surface area contributed by atoms with Crippen molar-refractivity contribution < 1.29 is 5.11 Å². The maximum Gasteiger partial charge on any atom is 0.123 e. The lowest BCUT2D eigenvalue weighted by molar-refractivity contribution is 0.124. The molecule has 2 aromatic heterocycles. The SMILES string of the molecule is C#C.C/C(=C\c1nnn(C2CC(C)(C)NC(C)(C)C2)c1C)c1ccc(-c2ccccn2)cc1O. The van der Waals surface area contributed by atoms with Crippen molar-refractivity contribution in [2.45, 2.75) is 71.5 Å². The fourth-order valence-corrected chi connectivity index (χ4v) is 5.12. The number of aromatic hydroxyl groups is 1. The van der Waals surface area contributed by atoms with Gasteiger partial charge in [-0.1, -0.05) is 23.4 Å². The number of hydrogen-bond acceptors (Lipinski definition) is 5. The van der Waals surface area contributed by atoms with Crippen molar-refractivity contribution in [1.82, 2.24) is 25.3 Å². The summed E-state index contributed by atoms with van der Waals surface area (Å²) >= 11 is 0. The van der Waals surface area contributed by atoms with Crippen LogP contribution in [0.15, 0.2) is 42.6 Å². The van der Waals surface area contributed by atoms with Gasteiger partial charge in [-0.15, -0.1) is 17.9 Å². The molecule has 6 nitrogen and oxygen atoms in total. The molecule has 34 heavy (non-hydrogen) atoms. The first-order valence-corrected chi connectivity index (χ1v) is 11.5. The second kappa shape index (κ2) is 9.82. The smallest absolute Gasteiger partial charge is 0.123 e. The quantitative estimate of drug-likeness (QED) is 0.496. The summed E-state index contributed by atoms with van der Waals surface area (Å²) in [6, 6.07) is 11.7. The highest BCUT2D eigenvalue weighted by atomic mass is 16.3. The van der Waals surface area contributed by atoms with Crippen LogP contribution < -0.4 is 5.32 Å². The number of rotatable bonds is 4. The van der Waals surface area contributed by atoms with Crippen LogP contribution in [0.25, 0.3) is 22.9 Å². The molecule has 1 aliphatic rings. The molecule has 0 amide bonds. The van der Waals surface area contributed by atoms with Gasteiger partial charge in [0.2, 0.25) is 0 Å². The molecule has 1 aromatic carbocycles. The zero-order valence-corrected chi connectivity index (χ0v) is 21.0. The van der Waals surface area contributed by atoms with Crippen LogP contribution in [0.3, 0.4) is 0 Å². The van der Waals surface area contributed by atoms with Crippen LogP contribution in [0.4, 0.5) is 0 Å². The molecule has 178 valence electrons. The lowest BCUT2D eigenvalue weighted by atomic mass is 9.79. The molecule has 0 aliphatic carbocycles. The van der Waals surface area contributed by atoms with Crippen LogP contribution in [0, 0.1) is 19.8 Å². The van der Waals surface area contributed by atoms with Gasteiger partial charge in [0.05, 0.1) is 17.4 Å². The number of pyridine rings is 1. The normalized spacial score (nSPS) is 17.6. The number of hydrogen-bond donors (Lipinski definition) is 2. The Kier molecular flexibility index (Phi) is 7.28. The predicted octanol–water partition coefficient (Wildman–Crippen LogP) is 5.65. The molecule has 0 bridgehead atoms. The van der Waals surface area contributed by atoms with Crippen molar-refractivity contribution in [2.24, 2.45) is 0 Å². The summed E-state index contributed by atoms with van der Waals surface area (Å²) in [5.41, 5.74) is 5.41. The number of allylic oxidation sites excluding steroid dienone is 1. The number of benzene rings is 1. The van der Waals surface area contributed by atoms with Gasteiger partial charge in [-0.05, 0) is 84.2 Å². The molecule has 1 saturated heterocycles. The summed E-state index contributed by atoms with van der Waals surface area (Å²) in [5.74, 6) is 0.230. The van der Waals surface area contributed by atoms with Gasteiger partial charge in [-0.25, -0.2) is 4.68 Å². The monoisotopic (exact) mass is 457 g/mol. The van der Waals surface area contributed by atoms with Gasteiger partial charge in [0, 0.05) is 28.4 Å². The molecule has 6 heteroatoms. The third kappa shape index (κ3) is 5.55. The van der Waals surface area contributed by atoms with Crippen molar-refractivity contribution in [3.63, 3.8) is 0 Å². The molecule has 0 saturated carbocycles. The highest BCUT2D eigenvalue weighted by molar-refractivity contribution is 5.83. The Balaban J connectivity index is 0.00000158. The first-order valence-electron chi connectivity index (χ1n) is 11.5. The van der Waals surface area contributed by atoms with E-state index in [-0.39, 0.29) is 16.8 Å². The number of terminal acetylenes is 1. The average molecular weight is 458 g/mol. The number of nitrogens with zero attached hydrogens (tertiary/aromatic N) is 4. The molecule has 0 atom stereocenters. The maximum absolute atomic E-state index is 10.7. The van der Waals surface area contributed by atoms with Crippen LogP contribution in [0.2, 0.25) is 0 Å². The Hall–Kier alpha value is -3.43. The molecule has 4 rings (SSSR count). The predicted molar refractivity (Wildman–Crippen MR) is 139 cm³/mol. The molecule has 0 spiro atoms. The van der Waals surface area contributed by atoms with E-state index in [2.05, 4.69) is 72.8 Å². The number of phenols is 1. The van der Waals surface area contributed by atoms with Crippen LogP contribution in [0.5, 0.6) is 5.75 Å². The molecule has 3 heterocycles. The standard InChI is InChI=1S/C26H33N5O.C2H2/c1-17(21-11-10-19(14-24(21)32)22-9-7-8-12-27-22)13-23-18(2)31(30-28-23)20-15-25(3,4)29-26(5,6)16-20;1-2/h7-14,20,29,32H,15-16H2,1-6H3;1-2H/b17-13+;. The van der Waals surface area contributed by atoms with Gasteiger partial charge < -0.3 is 10.4 Å². The maximum atomic E-state index is 10.7. The average Bonchev–Trinajstić information content (AvgIpc) is 3.13. The van der Waals surface area contributed by atoms with Crippen LogP contribution in [-0.4, -0.2) is 36.2 Å². The minimum Gasteiger partial charge on any atom is -0.507 e.